The molecule has 3 rings (SSSR count). The monoisotopic (exact) mass is 383 g/mol. The third-order valence-electron chi connectivity index (χ3n) is 4.61. The SMILES string of the molecule is O=C(OCC(=O)N1CCN(Cc2ccccc2)CC1)c1ccc([N+](=O)[O-])cc1. The van der Waals surface area contributed by atoms with Crippen molar-refractivity contribution < 1.29 is 19.2 Å². The maximum Gasteiger partial charge on any atom is 0.338 e. The van der Waals surface area contributed by atoms with Crippen LogP contribution in [-0.4, -0.2) is 59.4 Å². The first kappa shape index (κ1) is 19.5. The van der Waals surface area contributed by atoms with Crippen LogP contribution in [0.4, 0.5) is 5.69 Å². The smallest absolute Gasteiger partial charge is 0.338 e. The summed E-state index contributed by atoms with van der Waals surface area (Å²) in [5, 5.41) is 10.6. The summed E-state index contributed by atoms with van der Waals surface area (Å²) in [5.41, 5.74) is 1.30. The molecule has 8 heteroatoms. The number of carbonyl (C=O) groups is 2. The van der Waals surface area contributed by atoms with E-state index in [4.69, 9.17) is 4.74 Å². The van der Waals surface area contributed by atoms with Crippen molar-refractivity contribution in [3.63, 3.8) is 0 Å². The molecule has 0 radical (unpaired) electrons. The summed E-state index contributed by atoms with van der Waals surface area (Å²) >= 11 is 0. The average molecular weight is 383 g/mol. The second-order valence-electron chi connectivity index (χ2n) is 6.52. The largest absolute Gasteiger partial charge is 0.452 e. The van der Waals surface area contributed by atoms with Gasteiger partial charge < -0.3 is 9.64 Å². The summed E-state index contributed by atoms with van der Waals surface area (Å²) in [6, 6.07) is 15.2. The van der Waals surface area contributed by atoms with Crippen LogP contribution in [0.25, 0.3) is 0 Å². The molecule has 146 valence electrons. The Labute approximate surface area is 162 Å². The first-order valence-corrected chi connectivity index (χ1v) is 8.98. The lowest BCUT2D eigenvalue weighted by molar-refractivity contribution is -0.384. The van der Waals surface area contributed by atoms with Crippen LogP contribution < -0.4 is 0 Å². The number of benzene rings is 2. The Bertz CT molecular complexity index is 831. The van der Waals surface area contributed by atoms with Gasteiger partial charge in [0.15, 0.2) is 6.61 Å². The molecule has 1 amide bonds. The van der Waals surface area contributed by atoms with Crippen LogP contribution >= 0.6 is 0 Å². The standard InChI is InChI=1S/C20H21N3O5/c24-19(15-28-20(25)17-6-8-18(9-7-17)23(26)27)22-12-10-21(11-13-22)14-16-4-2-1-3-5-16/h1-9H,10-15H2. The molecule has 0 atom stereocenters. The van der Waals surface area contributed by atoms with E-state index in [1.807, 2.05) is 18.2 Å². The van der Waals surface area contributed by atoms with Crippen LogP contribution in [0.15, 0.2) is 54.6 Å². The average Bonchev–Trinajstić information content (AvgIpc) is 2.73. The number of nitro groups is 1. The van der Waals surface area contributed by atoms with E-state index in [0.717, 1.165) is 19.6 Å². The molecule has 1 aliphatic rings. The highest BCUT2D eigenvalue weighted by Gasteiger charge is 2.22. The predicted octanol–water partition coefficient (Wildman–Crippen LogP) is 2.10. The number of nitrogens with zero attached hydrogens (tertiary/aromatic N) is 3. The van der Waals surface area contributed by atoms with Crippen LogP contribution in [-0.2, 0) is 16.1 Å². The van der Waals surface area contributed by atoms with Gasteiger partial charge in [0.05, 0.1) is 10.5 Å². The molecule has 1 saturated heterocycles. The van der Waals surface area contributed by atoms with E-state index in [2.05, 4.69) is 17.0 Å². The Morgan fingerprint density at radius 1 is 0.964 bits per heavy atom. The maximum atomic E-state index is 12.3. The number of ether oxygens (including phenoxy) is 1. The molecule has 1 heterocycles. The predicted molar refractivity (Wildman–Crippen MR) is 102 cm³/mol. The van der Waals surface area contributed by atoms with Gasteiger partial charge in [-0.3, -0.25) is 19.8 Å². The lowest BCUT2D eigenvalue weighted by atomic mass is 10.2. The van der Waals surface area contributed by atoms with Gasteiger partial charge in [0.25, 0.3) is 11.6 Å². The lowest BCUT2D eigenvalue weighted by Gasteiger charge is -2.34. The normalized spacial score (nSPS) is 14.5. The van der Waals surface area contributed by atoms with Gasteiger partial charge in [0, 0.05) is 44.9 Å². The highest BCUT2D eigenvalue weighted by molar-refractivity contribution is 5.91. The molecule has 1 fully saturated rings. The lowest BCUT2D eigenvalue weighted by Crippen LogP contribution is -2.49. The first-order valence-electron chi connectivity index (χ1n) is 8.98. The summed E-state index contributed by atoms with van der Waals surface area (Å²) in [5.74, 6) is -0.916. The number of hydrogen-bond acceptors (Lipinski definition) is 6. The highest BCUT2D eigenvalue weighted by atomic mass is 16.6. The van der Waals surface area contributed by atoms with Crippen LogP contribution in [0.3, 0.4) is 0 Å². The molecule has 0 bridgehead atoms. The molecule has 1 aliphatic heterocycles. The van der Waals surface area contributed by atoms with Gasteiger partial charge in [-0.1, -0.05) is 30.3 Å². The van der Waals surface area contributed by atoms with Crippen LogP contribution in [0.2, 0.25) is 0 Å². The number of amides is 1. The first-order chi connectivity index (χ1) is 13.5. The minimum atomic E-state index is -0.675. The molecule has 28 heavy (non-hydrogen) atoms. The van der Waals surface area contributed by atoms with E-state index in [9.17, 15) is 19.7 Å². The molecule has 8 nitrogen and oxygen atoms in total. The summed E-state index contributed by atoms with van der Waals surface area (Å²) in [4.78, 5) is 38.3. The number of carbonyl (C=O) groups excluding carboxylic acids is 2. The zero-order chi connectivity index (χ0) is 19.9. The minimum absolute atomic E-state index is 0.110. The van der Waals surface area contributed by atoms with Gasteiger partial charge in [-0.05, 0) is 17.7 Å². The number of non-ortho nitro benzene ring substituents is 1. The topological polar surface area (TPSA) is 93.0 Å². The minimum Gasteiger partial charge on any atom is -0.452 e. The summed E-state index contributed by atoms with van der Waals surface area (Å²) in [7, 11) is 0. The fraction of sp³-hybridized carbons (Fsp3) is 0.300. The molecule has 0 saturated carbocycles. The van der Waals surface area contributed by atoms with Crippen molar-refractivity contribution in [3.05, 3.63) is 75.8 Å². The van der Waals surface area contributed by atoms with E-state index >= 15 is 0 Å². The molecule has 0 unspecified atom stereocenters. The molecule has 0 aromatic heterocycles. The van der Waals surface area contributed by atoms with Gasteiger partial charge in [0.2, 0.25) is 0 Å². The second kappa shape index (κ2) is 9.09. The van der Waals surface area contributed by atoms with E-state index in [-0.39, 0.29) is 23.8 Å². The zero-order valence-electron chi connectivity index (χ0n) is 15.3. The molecule has 2 aromatic carbocycles. The summed E-state index contributed by atoms with van der Waals surface area (Å²) in [6.07, 6.45) is 0. The number of nitro benzene ring substituents is 1. The Morgan fingerprint density at radius 3 is 2.21 bits per heavy atom. The quantitative estimate of drug-likeness (QED) is 0.431. The Kier molecular flexibility index (Phi) is 6.33. The van der Waals surface area contributed by atoms with Crippen LogP contribution in [0.5, 0.6) is 0 Å². The third-order valence-corrected chi connectivity index (χ3v) is 4.61. The number of rotatable bonds is 6. The summed E-state index contributed by atoms with van der Waals surface area (Å²) in [6.45, 7) is 3.20. The molecule has 0 N–H and O–H groups in total. The van der Waals surface area contributed by atoms with Crippen molar-refractivity contribution in [2.75, 3.05) is 32.8 Å². The third kappa shape index (κ3) is 5.14. The van der Waals surface area contributed by atoms with Crippen LogP contribution in [0.1, 0.15) is 15.9 Å². The number of hydrogen-bond donors (Lipinski definition) is 0. The molecule has 0 aliphatic carbocycles. The van der Waals surface area contributed by atoms with E-state index in [0.29, 0.717) is 13.1 Å². The number of esters is 1. The molecule has 0 spiro atoms. The molecular weight excluding hydrogens is 362 g/mol. The van der Waals surface area contributed by atoms with Crippen molar-refractivity contribution in [3.8, 4) is 0 Å². The number of piperazine rings is 1. The fourth-order valence-electron chi connectivity index (χ4n) is 3.02. The van der Waals surface area contributed by atoms with Crippen molar-refractivity contribution in [2.45, 2.75) is 6.54 Å². The Balaban J connectivity index is 1.43. The molecule has 2 aromatic rings. The zero-order valence-corrected chi connectivity index (χ0v) is 15.3. The highest BCUT2D eigenvalue weighted by Crippen LogP contribution is 2.13. The fourth-order valence-corrected chi connectivity index (χ4v) is 3.02. The van der Waals surface area contributed by atoms with Crippen molar-refractivity contribution in [1.29, 1.82) is 0 Å². The Morgan fingerprint density at radius 2 is 1.61 bits per heavy atom. The van der Waals surface area contributed by atoms with Crippen molar-refractivity contribution in [1.82, 2.24) is 9.80 Å². The van der Waals surface area contributed by atoms with E-state index < -0.39 is 10.9 Å². The van der Waals surface area contributed by atoms with Gasteiger partial charge >= 0.3 is 5.97 Å². The Hall–Kier alpha value is -3.26. The van der Waals surface area contributed by atoms with Gasteiger partial charge in [-0.15, -0.1) is 0 Å². The van der Waals surface area contributed by atoms with Gasteiger partial charge in [-0.25, -0.2) is 4.79 Å². The van der Waals surface area contributed by atoms with Gasteiger partial charge in [-0.2, -0.15) is 0 Å². The maximum absolute atomic E-state index is 12.3. The van der Waals surface area contributed by atoms with Gasteiger partial charge in [0.1, 0.15) is 0 Å². The van der Waals surface area contributed by atoms with E-state index in [1.165, 1.54) is 29.8 Å². The second-order valence-corrected chi connectivity index (χ2v) is 6.52. The van der Waals surface area contributed by atoms with Crippen molar-refractivity contribution in [2.24, 2.45) is 0 Å². The summed E-state index contributed by atoms with van der Waals surface area (Å²) < 4.78 is 5.05. The van der Waals surface area contributed by atoms with Crippen LogP contribution in [0, 0.1) is 10.1 Å². The van der Waals surface area contributed by atoms with Crippen molar-refractivity contribution >= 4 is 17.6 Å². The molecular formula is C20H21N3O5. The van der Waals surface area contributed by atoms with E-state index in [1.54, 1.807) is 4.90 Å².